The van der Waals surface area contributed by atoms with E-state index in [-0.39, 0.29) is 23.0 Å². The molecule has 0 saturated carbocycles. The standard InChI is InChI=1S/C4H7BrO2.BrH/c1-2-7-4(6)3-5;/h2-3H2,1H3;1H. The van der Waals surface area contributed by atoms with Gasteiger partial charge in [0, 0.05) is 0 Å². The van der Waals surface area contributed by atoms with Crippen LogP contribution in [-0.4, -0.2) is 17.9 Å². The third-order valence-electron chi connectivity index (χ3n) is 0.414. The van der Waals surface area contributed by atoms with E-state index in [1.807, 2.05) is 0 Å². The molecule has 0 aliphatic carbocycles. The number of ether oxygens (including phenoxy) is 1. The molecule has 0 atom stereocenters. The van der Waals surface area contributed by atoms with Gasteiger partial charge >= 0.3 is 5.97 Å². The van der Waals surface area contributed by atoms with Gasteiger partial charge in [-0.25, -0.2) is 0 Å². The first kappa shape index (κ1) is 11.3. The van der Waals surface area contributed by atoms with E-state index in [0.717, 1.165) is 0 Å². The number of carbonyl (C=O) groups excluding carboxylic acids is 1. The van der Waals surface area contributed by atoms with Gasteiger partial charge in [0.25, 0.3) is 0 Å². The van der Waals surface area contributed by atoms with Crippen molar-refractivity contribution in [1.29, 1.82) is 0 Å². The van der Waals surface area contributed by atoms with Gasteiger partial charge in [-0.15, -0.1) is 17.0 Å². The first-order valence-electron chi connectivity index (χ1n) is 2.02. The molecule has 0 spiro atoms. The van der Waals surface area contributed by atoms with Crippen LogP contribution in [0.3, 0.4) is 0 Å². The van der Waals surface area contributed by atoms with Crippen LogP contribution < -0.4 is 0 Å². The van der Waals surface area contributed by atoms with E-state index in [4.69, 9.17) is 0 Å². The van der Waals surface area contributed by atoms with Crippen LogP contribution >= 0.6 is 32.9 Å². The molecule has 0 N–H and O–H groups in total. The van der Waals surface area contributed by atoms with Gasteiger partial charge in [-0.1, -0.05) is 15.9 Å². The Morgan fingerprint density at radius 1 is 1.75 bits per heavy atom. The van der Waals surface area contributed by atoms with Gasteiger partial charge in [0.1, 0.15) is 5.33 Å². The monoisotopic (exact) mass is 246 g/mol. The van der Waals surface area contributed by atoms with E-state index in [0.29, 0.717) is 11.9 Å². The molecule has 0 radical (unpaired) electrons. The average Bonchev–Trinajstić information content (AvgIpc) is 1.68. The lowest BCUT2D eigenvalue weighted by Gasteiger charge is -1.92. The highest BCUT2D eigenvalue weighted by atomic mass is 79.9. The van der Waals surface area contributed by atoms with Gasteiger partial charge < -0.3 is 4.74 Å². The highest BCUT2D eigenvalue weighted by molar-refractivity contribution is 9.09. The zero-order chi connectivity index (χ0) is 5.70. The molecule has 0 heterocycles. The lowest BCUT2D eigenvalue weighted by molar-refractivity contribution is -0.139. The summed E-state index contributed by atoms with van der Waals surface area (Å²) in [6, 6.07) is 0. The van der Waals surface area contributed by atoms with Gasteiger partial charge in [-0.05, 0) is 6.92 Å². The SMILES string of the molecule is Br.CCOC(=O)CBr. The van der Waals surface area contributed by atoms with E-state index >= 15 is 0 Å². The predicted octanol–water partition coefficient (Wildman–Crippen LogP) is 1.52. The number of halogens is 2. The zero-order valence-corrected chi connectivity index (χ0v) is 7.82. The first-order valence-corrected chi connectivity index (χ1v) is 3.15. The fourth-order valence-corrected chi connectivity index (χ4v) is 0.361. The molecule has 0 aromatic heterocycles. The molecule has 50 valence electrons. The normalized spacial score (nSPS) is 7.25. The highest BCUT2D eigenvalue weighted by Crippen LogP contribution is 1.82. The quantitative estimate of drug-likeness (QED) is 0.547. The maximum atomic E-state index is 10.1. The number of rotatable bonds is 2. The molecule has 0 unspecified atom stereocenters. The molecule has 0 amide bonds. The lowest BCUT2D eigenvalue weighted by Crippen LogP contribution is -2.03. The smallest absolute Gasteiger partial charge is 0.316 e. The molecule has 0 aliphatic rings. The molecular formula is C4H8Br2O2. The minimum absolute atomic E-state index is 0. The van der Waals surface area contributed by atoms with E-state index in [9.17, 15) is 4.79 Å². The van der Waals surface area contributed by atoms with Crippen LogP contribution in [0.2, 0.25) is 0 Å². The Morgan fingerprint density at radius 3 is 2.38 bits per heavy atom. The second kappa shape index (κ2) is 7.43. The van der Waals surface area contributed by atoms with Crippen molar-refractivity contribution in [2.24, 2.45) is 0 Å². The molecule has 0 aliphatic heterocycles. The van der Waals surface area contributed by atoms with Gasteiger partial charge in [-0.2, -0.15) is 0 Å². The van der Waals surface area contributed by atoms with Crippen molar-refractivity contribution >= 4 is 38.9 Å². The van der Waals surface area contributed by atoms with Crippen LogP contribution in [0, 0.1) is 0 Å². The van der Waals surface area contributed by atoms with Crippen molar-refractivity contribution in [3.63, 3.8) is 0 Å². The van der Waals surface area contributed by atoms with Gasteiger partial charge in [0.2, 0.25) is 0 Å². The topological polar surface area (TPSA) is 26.3 Å². The first-order chi connectivity index (χ1) is 3.31. The van der Waals surface area contributed by atoms with Crippen LogP contribution in [0.5, 0.6) is 0 Å². The Balaban J connectivity index is 0. The van der Waals surface area contributed by atoms with Crippen LogP contribution in [0.4, 0.5) is 0 Å². The molecule has 0 bridgehead atoms. The Hall–Kier alpha value is 0.430. The molecule has 0 aromatic rings. The summed E-state index contributed by atoms with van der Waals surface area (Å²) in [4.78, 5) is 10.1. The maximum absolute atomic E-state index is 10.1. The molecule has 0 rings (SSSR count). The Labute approximate surface area is 67.5 Å². The van der Waals surface area contributed by atoms with Gasteiger partial charge in [0.15, 0.2) is 0 Å². The largest absolute Gasteiger partial charge is 0.465 e. The highest BCUT2D eigenvalue weighted by Gasteiger charge is 1.92. The lowest BCUT2D eigenvalue weighted by atomic mass is 10.8. The fraction of sp³-hybridized carbons (Fsp3) is 0.750. The molecular weight excluding hydrogens is 240 g/mol. The van der Waals surface area contributed by atoms with Crippen LogP contribution in [0.15, 0.2) is 0 Å². The molecule has 8 heavy (non-hydrogen) atoms. The van der Waals surface area contributed by atoms with E-state index in [2.05, 4.69) is 20.7 Å². The summed E-state index contributed by atoms with van der Waals surface area (Å²) >= 11 is 2.94. The van der Waals surface area contributed by atoms with Crippen molar-refractivity contribution < 1.29 is 9.53 Å². The van der Waals surface area contributed by atoms with Crippen molar-refractivity contribution in [2.75, 3.05) is 11.9 Å². The van der Waals surface area contributed by atoms with Crippen molar-refractivity contribution in [3.8, 4) is 0 Å². The van der Waals surface area contributed by atoms with Crippen molar-refractivity contribution in [3.05, 3.63) is 0 Å². The molecule has 0 saturated heterocycles. The Morgan fingerprint density at radius 2 is 2.25 bits per heavy atom. The number of hydrogen-bond donors (Lipinski definition) is 0. The summed E-state index contributed by atoms with van der Waals surface area (Å²) in [6.45, 7) is 2.24. The Bertz CT molecular complexity index is 65.1. The minimum atomic E-state index is -0.206. The number of carbonyl (C=O) groups is 1. The fourth-order valence-electron chi connectivity index (χ4n) is 0.200. The summed E-state index contributed by atoms with van der Waals surface area (Å²) in [6.07, 6.45) is 0. The van der Waals surface area contributed by atoms with E-state index < -0.39 is 0 Å². The second-order valence-corrected chi connectivity index (χ2v) is 1.50. The second-order valence-electron chi connectivity index (χ2n) is 0.939. The summed E-state index contributed by atoms with van der Waals surface area (Å²) in [5, 5.41) is 0.292. The number of alkyl halides is 1. The van der Waals surface area contributed by atoms with Gasteiger partial charge in [0.05, 0.1) is 6.61 Å². The maximum Gasteiger partial charge on any atom is 0.316 e. The molecule has 0 aromatic carbocycles. The van der Waals surface area contributed by atoms with Crippen LogP contribution in [0.1, 0.15) is 6.92 Å². The van der Waals surface area contributed by atoms with Crippen molar-refractivity contribution in [1.82, 2.24) is 0 Å². The number of hydrogen-bond acceptors (Lipinski definition) is 2. The molecule has 4 heteroatoms. The predicted molar refractivity (Wildman–Crippen MR) is 40.7 cm³/mol. The summed E-state index contributed by atoms with van der Waals surface area (Å²) < 4.78 is 4.51. The minimum Gasteiger partial charge on any atom is -0.465 e. The van der Waals surface area contributed by atoms with Gasteiger partial charge in [-0.3, -0.25) is 4.79 Å². The summed E-state index contributed by atoms with van der Waals surface area (Å²) in [5.74, 6) is -0.206. The van der Waals surface area contributed by atoms with Crippen LogP contribution in [0.25, 0.3) is 0 Å². The molecule has 0 fully saturated rings. The third-order valence-corrected chi connectivity index (χ3v) is 0.872. The average molecular weight is 248 g/mol. The summed E-state index contributed by atoms with van der Waals surface area (Å²) in [7, 11) is 0. The Kier molecular flexibility index (Phi) is 10.5. The van der Waals surface area contributed by atoms with Crippen molar-refractivity contribution in [2.45, 2.75) is 6.92 Å². The summed E-state index contributed by atoms with van der Waals surface area (Å²) in [5.41, 5.74) is 0. The third kappa shape index (κ3) is 6.43. The van der Waals surface area contributed by atoms with E-state index in [1.54, 1.807) is 6.92 Å². The number of esters is 1. The molecule has 2 nitrogen and oxygen atoms in total. The van der Waals surface area contributed by atoms with Crippen LogP contribution in [-0.2, 0) is 9.53 Å². The van der Waals surface area contributed by atoms with E-state index in [1.165, 1.54) is 0 Å². The zero-order valence-electron chi connectivity index (χ0n) is 4.52.